The third-order valence-electron chi connectivity index (χ3n) is 3.57. The first-order valence-corrected chi connectivity index (χ1v) is 7.18. The molecule has 1 aliphatic rings. The van der Waals surface area contributed by atoms with Crippen molar-refractivity contribution in [2.45, 2.75) is 25.4 Å². The number of nitrogens with two attached hydrogens (primary N) is 1. The average molecular weight is 294 g/mol. The summed E-state index contributed by atoms with van der Waals surface area (Å²) < 4.78 is 0. The molecule has 0 bridgehead atoms. The van der Waals surface area contributed by atoms with Gasteiger partial charge < -0.3 is 11.1 Å². The number of hydrogen-bond donors (Lipinski definition) is 2. The Balaban J connectivity index is 2.01. The number of hydrogen-bond acceptors (Lipinski definition) is 3. The molecule has 0 spiro atoms. The molecule has 108 valence electrons. The number of anilines is 1. The highest BCUT2D eigenvalue weighted by Gasteiger charge is 2.27. The van der Waals surface area contributed by atoms with E-state index in [4.69, 9.17) is 17.3 Å². The van der Waals surface area contributed by atoms with Gasteiger partial charge in [0.05, 0.1) is 6.04 Å². The van der Waals surface area contributed by atoms with Crippen LogP contribution in [0.15, 0.2) is 36.4 Å². The van der Waals surface area contributed by atoms with Crippen molar-refractivity contribution in [1.82, 2.24) is 4.90 Å². The van der Waals surface area contributed by atoms with E-state index in [0.717, 1.165) is 18.7 Å². The van der Waals surface area contributed by atoms with Crippen LogP contribution >= 0.6 is 11.6 Å². The summed E-state index contributed by atoms with van der Waals surface area (Å²) in [5, 5.41) is 3.56. The van der Waals surface area contributed by atoms with E-state index in [2.05, 4.69) is 22.4 Å². The summed E-state index contributed by atoms with van der Waals surface area (Å²) in [7, 11) is 0. The second-order valence-corrected chi connectivity index (χ2v) is 5.37. The van der Waals surface area contributed by atoms with Crippen molar-refractivity contribution in [3.63, 3.8) is 0 Å². The minimum atomic E-state index is -0.218. The normalized spacial score (nSPS) is 20.6. The number of nitrogens with zero attached hydrogens (tertiary/aromatic N) is 1. The van der Waals surface area contributed by atoms with E-state index in [0.29, 0.717) is 11.6 Å². The van der Waals surface area contributed by atoms with Crippen LogP contribution in [0.2, 0.25) is 5.02 Å². The van der Waals surface area contributed by atoms with Crippen LogP contribution in [0.4, 0.5) is 5.69 Å². The van der Waals surface area contributed by atoms with Crippen molar-refractivity contribution in [3.05, 3.63) is 41.4 Å². The van der Waals surface area contributed by atoms with Gasteiger partial charge in [0.25, 0.3) is 0 Å². The number of amides is 1. The van der Waals surface area contributed by atoms with Gasteiger partial charge in [-0.05, 0) is 37.6 Å². The summed E-state index contributed by atoms with van der Waals surface area (Å²) in [6.07, 6.45) is 5.16. The topological polar surface area (TPSA) is 58.4 Å². The number of carbonyl (C=O) groups excluding carboxylic acids is 1. The van der Waals surface area contributed by atoms with Gasteiger partial charge in [0.15, 0.2) is 0 Å². The van der Waals surface area contributed by atoms with Crippen molar-refractivity contribution in [2.24, 2.45) is 5.73 Å². The van der Waals surface area contributed by atoms with Gasteiger partial charge in [-0.2, -0.15) is 0 Å². The van der Waals surface area contributed by atoms with Crippen LogP contribution in [-0.4, -0.2) is 36.0 Å². The van der Waals surface area contributed by atoms with Crippen molar-refractivity contribution in [2.75, 3.05) is 18.4 Å². The minimum absolute atomic E-state index is 0.0268. The van der Waals surface area contributed by atoms with E-state index < -0.39 is 0 Å². The van der Waals surface area contributed by atoms with E-state index in [1.165, 1.54) is 0 Å². The van der Waals surface area contributed by atoms with E-state index >= 15 is 0 Å². The zero-order chi connectivity index (χ0) is 14.5. The van der Waals surface area contributed by atoms with Gasteiger partial charge in [0, 0.05) is 29.8 Å². The maximum absolute atomic E-state index is 12.3. The highest BCUT2D eigenvalue weighted by atomic mass is 35.5. The largest absolute Gasteiger partial charge is 0.329 e. The van der Waals surface area contributed by atoms with Gasteiger partial charge in [-0.1, -0.05) is 23.8 Å². The summed E-state index contributed by atoms with van der Waals surface area (Å²) in [6.45, 7) is 3.29. The van der Waals surface area contributed by atoms with E-state index in [-0.39, 0.29) is 18.0 Å². The van der Waals surface area contributed by atoms with Gasteiger partial charge in [0.1, 0.15) is 0 Å². The monoisotopic (exact) mass is 293 g/mol. The summed E-state index contributed by atoms with van der Waals surface area (Å²) in [6, 6.07) is 7.02. The Hall–Kier alpha value is -1.36. The second-order valence-electron chi connectivity index (χ2n) is 4.93. The van der Waals surface area contributed by atoms with Crippen LogP contribution < -0.4 is 11.1 Å². The third-order valence-corrected chi connectivity index (χ3v) is 3.82. The average Bonchev–Trinajstić information content (AvgIpc) is 2.48. The molecule has 2 rings (SSSR count). The molecule has 5 heteroatoms. The molecule has 4 nitrogen and oxygen atoms in total. The molecule has 0 aliphatic carbocycles. The molecule has 1 aromatic carbocycles. The number of rotatable bonds is 4. The summed E-state index contributed by atoms with van der Waals surface area (Å²) in [4.78, 5) is 14.4. The zero-order valence-corrected chi connectivity index (χ0v) is 12.3. The van der Waals surface area contributed by atoms with Crippen LogP contribution in [0.1, 0.15) is 13.3 Å². The van der Waals surface area contributed by atoms with Gasteiger partial charge in [-0.25, -0.2) is 0 Å². The lowest BCUT2D eigenvalue weighted by Crippen LogP contribution is -2.51. The SMILES string of the molecule is CC(C(=O)Nc1ccc(Cl)cc1)N1CCC=CC1CN. The van der Waals surface area contributed by atoms with Crippen molar-refractivity contribution in [3.8, 4) is 0 Å². The molecule has 0 radical (unpaired) electrons. The standard InChI is InChI=1S/C15H20ClN3O/c1-11(19-9-3-2-4-14(19)10-17)15(20)18-13-7-5-12(16)6-8-13/h2,4-8,11,14H,3,9-10,17H2,1H3,(H,18,20). The lowest BCUT2D eigenvalue weighted by molar-refractivity contribution is -0.121. The fourth-order valence-electron chi connectivity index (χ4n) is 2.38. The highest BCUT2D eigenvalue weighted by molar-refractivity contribution is 6.30. The molecule has 0 aromatic heterocycles. The van der Waals surface area contributed by atoms with Crippen molar-refractivity contribution < 1.29 is 4.79 Å². The lowest BCUT2D eigenvalue weighted by Gasteiger charge is -2.35. The Labute approximate surface area is 124 Å². The van der Waals surface area contributed by atoms with E-state index in [1.54, 1.807) is 24.3 Å². The Bertz CT molecular complexity index is 486. The minimum Gasteiger partial charge on any atom is -0.329 e. The molecule has 1 aromatic rings. The number of nitrogens with one attached hydrogen (secondary N) is 1. The summed E-state index contributed by atoms with van der Waals surface area (Å²) >= 11 is 5.83. The third kappa shape index (κ3) is 3.60. The zero-order valence-electron chi connectivity index (χ0n) is 11.6. The summed E-state index contributed by atoms with van der Waals surface area (Å²) in [5.41, 5.74) is 6.51. The maximum atomic E-state index is 12.3. The predicted octanol–water partition coefficient (Wildman–Crippen LogP) is 2.26. The predicted molar refractivity (Wildman–Crippen MR) is 82.8 cm³/mol. The molecule has 1 amide bonds. The number of halogens is 1. The van der Waals surface area contributed by atoms with Crippen LogP contribution in [0, 0.1) is 0 Å². The van der Waals surface area contributed by atoms with Crippen LogP contribution in [0.5, 0.6) is 0 Å². The molecule has 1 aliphatic heterocycles. The molecule has 2 atom stereocenters. The first-order chi connectivity index (χ1) is 9.61. The molecular weight excluding hydrogens is 274 g/mol. The molecular formula is C15H20ClN3O. The summed E-state index contributed by atoms with van der Waals surface area (Å²) in [5.74, 6) is -0.0268. The maximum Gasteiger partial charge on any atom is 0.241 e. The van der Waals surface area contributed by atoms with Gasteiger partial charge in [0.2, 0.25) is 5.91 Å². The number of carbonyl (C=O) groups is 1. The molecule has 0 saturated heterocycles. The molecule has 0 fully saturated rings. The highest BCUT2D eigenvalue weighted by Crippen LogP contribution is 2.17. The molecule has 0 saturated carbocycles. The lowest BCUT2D eigenvalue weighted by atomic mass is 10.1. The van der Waals surface area contributed by atoms with Crippen LogP contribution in [-0.2, 0) is 4.79 Å². The van der Waals surface area contributed by atoms with E-state index in [1.807, 2.05) is 6.92 Å². The Kier molecular flexibility index (Phi) is 5.17. The van der Waals surface area contributed by atoms with Crippen LogP contribution in [0.25, 0.3) is 0 Å². The first kappa shape index (κ1) is 15.0. The molecule has 1 heterocycles. The Morgan fingerprint density at radius 1 is 1.50 bits per heavy atom. The smallest absolute Gasteiger partial charge is 0.241 e. The first-order valence-electron chi connectivity index (χ1n) is 6.80. The molecule has 3 N–H and O–H groups in total. The van der Waals surface area contributed by atoms with Crippen molar-refractivity contribution in [1.29, 1.82) is 0 Å². The Morgan fingerprint density at radius 2 is 2.20 bits per heavy atom. The number of benzene rings is 1. The van der Waals surface area contributed by atoms with Gasteiger partial charge >= 0.3 is 0 Å². The second kappa shape index (κ2) is 6.88. The fourth-order valence-corrected chi connectivity index (χ4v) is 2.50. The quantitative estimate of drug-likeness (QED) is 0.837. The van der Waals surface area contributed by atoms with E-state index in [9.17, 15) is 4.79 Å². The van der Waals surface area contributed by atoms with Gasteiger partial charge in [-0.3, -0.25) is 9.69 Å². The Morgan fingerprint density at radius 3 is 2.85 bits per heavy atom. The van der Waals surface area contributed by atoms with Gasteiger partial charge in [-0.15, -0.1) is 0 Å². The fraction of sp³-hybridized carbons (Fsp3) is 0.400. The molecule has 2 unspecified atom stereocenters. The van der Waals surface area contributed by atoms with Crippen molar-refractivity contribution >= 4 is 23.2 Å². The molecule has 20 heavy (non-hydrogen) atoms. The van der Waals surface area contributed by atoms with Crippen LogP contribution in [0.3, 0.4) is 0 Å².